The molecule has 0 atom stereocenters. The predicted molar refractivity (Wildman–Crippen MR) is 70.9 cm³/mol. The van der Waals surface area contributed by atoms with Crippen molar-refractivity contribution in [2.75, 3.05) is 13.6 Å². The van der Waals surface area contributed by atoms with E-state index in [1.165, 1.54) is 24.0 Å². The standard InChI is InChI=1S/C15H23NO/c1-13-5-7-14(8-6-13)11-16(2)12-15(17)9-3-4-10-15/h5-8,17H,3-4,9-12H2,1-2H3. The lowest BCUT2D eigenvalue weighted by Crippen LogP contribution is -2.38. The van der Waals surface area contributed by atoms with Crippen molar-refractivity contribution < 1.29 is 5.11 Å². The van der Waals surface area contributed by atoms with Crippen molar-refractivity contribution in [3.8, 4) is 0 Å². The van der Waals surface area contributed by atoms with Crippen molar-refractivity contribution in [3.05, 3.63) is 35.4 Å². The molecular weight excluding hydrogens is 210 g/mol. The molecule has 0 saturated heterocycles. The lowest BCUT2D eigenvalue weighted by atomic mass is 10.0. The van der Waals surface area contributed by atoms with Crippen molar-refractivity contribution >= 4 is 0 Å². The largest absolute Gasteiger partial charge is 0.389 e. The van der Waals surface area contributed by atoms with Crippen molar-refractivity contribution in [2.24, 2.45) is 0 Å². The molecule has 1 aromatic carbocycles. The van der Waals surface area contributed by atoms with E-state index in [9.17, 15) is 5.11 Å². The lowest BCUT2D eigenvalue weighted by Gasteiger charge is -2.28. The summed E-state index contributed by atoms with van der Waals surface area (Å²) in [5.41, 5.74) is 2.19. The zero-order valence-corrected chi connectivity index (χ0v) is 10.9. The number of hydrogen-bond donors (Lipinski definition) is 1. The predicted octanol–water partition coefficient (Wildman–Crippen LogP) is 2.73. The quantitative estimate of drug-likeness (QED) is 0.864. The summed E-state index contributed by atoms with van der Waals surface area (Å²) < 4.78 is 0. The van der Waals surface area contributed by atoms with Crippen molar-refractivity contribution in [1.29, 1.82) is 0 Å². The molecular formula is C15H23NO. The maximum atomic E-state index is 10.3. The first-order chi connectivity index (χ1) is 8.07. The van der Waals surface area contributed by atoms with Crippen LogP contribution >= 0.6 is 0 Å². The fourth-order valence-corrected chi connectivity index (χ4v) is 2.75. The average Bonchev–Trinajstić information content (AvgIpc) is 2.68. The maximum Gasteiger partial charge on any atom is 0.0774 e. The van der Waals surface area contributed by atoms with Crippen LogP contribution in [0.1, 0.15) is 36.8 Å². The van der Waals surface area contributed by atoms with Gasteiger partial charge in [-0.15, -0.1) is 0 Å². The molecule has 0 aliphatic heterocycles. The van der Waals surface area contributed by atoms with Crippen LogP contribution in [-0.2, 0) is 6.54 Å². The third-order valence-electron chi connectivity index (χ3n) is 3.67. The molecule has 0 radical (unpaired) electrons. The molecule has 0 heterocycles. The fourth-order valence-electron chi connectivity index (χ4n) is 2.75. The summed E-state index contributed by atoms with van der Waals surface area (Å²) in [7, 11) is 2.09. The number of aliphatic hydroxyl groups is 1. The highest BCUT2D eigenvalue weighted by molar-refractivity contribution is 5.21. The number of aryl methyl sites for hydroxylation is 1. The molecule has 1 aliphatic carbocycles. The summed E-state index contributed by atoms with van der Waals surface area (Å²) in [6.45, 7) is 3.82. The van der Waals surface area contributed by atoms with Crippen LogP contribution in [0.4, 0.5) is 0 Å². The summed E-state index contributed by atoms with van der Waals surface area (Å²) in [4.78, 5) is 2.23. The van der Waals surface area contributed by atoms with Gasteiger partial charge in [-0.2, -0.15) is 0 Å². The van der Waals surface area contributed by atoms with Gasteiger partial charge in [-0.05, 0) is 32.4 Å². The topological polar surface area (TPSA) is 23.5 Å². The maximum absolute atomic E-state index is 10.3. The summed E-state index contributed by atoms with van der Waals surface area (Å²) in [5, 5.41) is 10.3. The second-order valence-corrected chi connectivity index (χ2v) is 5.59. The second kappa shape index (κ2) is 5.19. The molecule has 1 aliphatic rings. The molecule has 1 aromatic rings. The van der Waals surface area contributed by atoms with Gasteiger partial charge in [-0.3, -0.25) is 4.90 Å². The highest BCUT2D eigenvalue weighted by atomic mass is 16.3. The number of likely N-dealkylation sites (N-methyl/N-ethyl adjacent to an activating group) is 1. The van der Waals surface area contributed by atoms with Crippen molar-refractivity contribution in [1.82, 2.24) is 4.90 Å². The molecule has 2 heteroatoms. The molecule has 0 bridgehead atoms. The van der Waals surface area contributed by atoms with Gasteiger partial charge in [0.2, 0.25) is 0 Å². The van der Waals surface area contributed by atoms with Crippen LogP contribution in [0.15, 0.2) is 24.3 Å². The zero-order chi connectivity index (χ0) is 12.3. The van der Waals surface area contributed by atoms with Crippen LogP contribution in [0.5, 0.6) is 0 Å². The molecule has 1 N–H and O–H groups in total. The Balaban J connectivity index is 1.88. The monoisotopic (exact) mass is 233 g/mol. The Labute approximate surface area is 104 Å². The number of nitrogens with zero attached hydrogens (tertiary/aromatic N) is 1. The third-order valence-corrected chi connectivity index (χ3v) is 3.67. The third kappa shape index (κ3) is 3.55. The van der Waals surface area contributed by atoms with Gasteiger partial charge in [0, 0.05) is 13.1 Å². The second-order valence-electron chi connectivity index (χ2n) is 5.59. The number of rotatable bonds is 4. The van der Waals surface area contributed by atoms with E-state index < -0.39 is 5.60 Å². The molecule has 1 saturated carbocycles. The zero-order valence-electron chi connectivity index (χ0n) is 10.9. The molecule has 1 fully saturated rings. The normalized spacial score (nSPS) is 18.8. The molecule has 0 spiro atoms. The minimum atomic E-state index is -0.431. The number of hydrogen-bond acceptors (Lipinski definition) is 2. The molecule has 94 valence electrons. The molecule has 17 heavy (non-hydrogen) atoms. The van der Waals surface area contributed by atoms with E-state index >= 15 is 0 Å². The molecule has 2 nitrogen and oxygen atoms in total. The molecule has 0 amide bonds. The van der Waals surface area contributed by atoms with Gasteiger partial charge in [0.25, 0.3) is 0 Å². The highest BCUT2D eigenvalue weighted by Crippen LogP contribution is 2.30. The van der Waals surface area contributed by atoms with Gasteiger partial charge in [0.15, 0.2) is 0 Å². The first-order valence-electron chi connectivity index (χ1n) is 6.54. The Morgan fingerprint density at radius 3 is 2.35 bits per heavy atom. The van der Waals surface area contributed by atoms with Crippen molar-refractivity contribution in [3.63, 3.8) is 0 Å². The first-order valence-corrected chi connectivity index (χ1v) is 6.54. The van der Waals surface area contributed by atoms with E-state index in [0.29, 0.717) is 0 Å². The summed E-state index contributed by atoms with van der Waals surface area (Å²) in [6.07, 6.45) is 4.28. The van der Waals surface area contributed by atoms with Gasteiger partial charge >= 0.3 is 0 Å². The van der Waals surface area contributed by atoms with Crippen LogP contribution in [0.2, 0.25) is 0 Å². The molecule has 0 unspecified atom stereocenters. The lowest BCUT2D eigenvalue weighted by molar-refractivity contribution is 0.0145. The van der Waals surface area contributed by atoms with E-state index in [1.807, 2.05) is 0 Å². The van der Waals surface area contributed by atoms with Gasteiger partial charge < -0.3 is 5.11 Å². The molecule has 0 aromatic heterocycles. The SMILES string of the molecule is Cc1ccc(CN(C)CC2(O)CCCC2)cc1. The van der Waals surface area contributed by atoms with Crippen LogP contribution in [0.3, 0.4) is 0 Å². The first kappa shape index (κ1) is 12.6. The van der Waals surface area contributed by atoms with E-state index in [4.69, 9.17) is 0 Å². The van der Waals surface area contributed by atoms with E-state index in [2.05, 4.69) is 43.1 Å². The molecule has 2 rings (SSSR count). The van der Waals surface area contributed by atoms with E-state index in [0.717, 1.165) is 25.9 Å². The number of benzene rings is 1. The Hall–Kier alpha value is -0.860. The Kier molecular flexibility index (Phi) is 3.85. The minimum absolute atomic E-state index is 0.431. The average molecular weight is 233 g/mol. The van der Waals surface area contributed by atoms with E-state index in [1.54, 1.807) is 0 Å². The van der Waals surface area contributed by atoms with Crippen LogP contribution < -0.4 is 0 Å². The summed E-state index contributed by atoms with van der Waals surface area (Å²) >= 11 is 0. The Bertz CT molecular complexity index is 352. The van der Waals surface area contributed by atoms with Gasteiger partial charge in [-0.1, -0.05) is 42.7 Å². The highest BCUT2D eigenvalue weighted by Gasteiger charge is 2.31. The van der Waals surface area contributed by atoms with Crippen molar-refractivity contribution in [2.45, 2.75) is 44.8 Å². The smallest absolute Gasteiger partial charge is 0.0774 e. The van der Waals surface area contributed by atoms with Gasteiger partial charge in [0.1, 0.15) is 0 Å². The Morgan fingerprint density at radius 1 is 1.18 bits per heavy atom. The summed E-state index contributed by atoms with van der Waals surface area (Å²) in [6, 6.07) is 8.63. The van der Waals surface area contributed by atoms with Crippen LogP contribution in [0.25, 0.3) is 0 Å². The minimum Gasteiger partial charge on any atom is -0.389 e. The fraction of sp³-hybridized carbons (Fsp3) is 0.600. The van der Waals surface area contributed by atoms with Gasteiger partial charge in [0.05, 0.1) is 5.60 Å². The van der Waals surface area contributed by atoms with Crippen LogP contribution in [-0.4, -0.2) is 29.2 Å². The summed E-state index contributed by atoms with van der Waals surface area (Å²) in [5.74, 6) is 0. The van der Waals surface area contributed by atoms with E-state index in [-0.39, 0.29) is 0 Å². The Morgan fingerprint density at radius 2 is 1.76 bits per heavy atom. The van der Waals surface area contributed by atoms with Crippen LogP contribution in [0, 0.1) is 6.92 Å². The van der Waals surface area contributed by atoms with Gasteiger partial charge in [-0.25, -0.2) is 0 Å².